The van der Waals surface area contributed by atoms with E-state index >= 15 is 0 Å². The Labute approximate surface area is 190 Å². The Balaban J connectivity index is 0.00000132. The zero-order chi connectivity index (χ0) is 22.5. The van der Waals surface area contributed by atoms with Crippen LogP contribution < -0.4 is 0 Å². The lowest BCUT2D eigenvalue weighted by atomic mass is 9.79. The normalized spacial score (nSPS) is 16.1. The first-order valence-corrected chi connectivity index (χ1v) is 11.7. The fourth-order valence-electron chi connectivity index (χ4n) is 4.51. The van der Waals surface area contributed by atoms with Gasteiger partial charge in [-0.2, -0.15) is 0 Å². The number of fused-ring (bicyclic) bond motifs is 1. The number of aromatic nitrogens is 1. The Kier molecular flexibility index (Phi) is 7.61. The quantitative estimate of drug-likeness (QED) is 0.444. The lowest BCUT2D eigenvalue weighted by molar-refractivity contribution is 0.0697. The van der Waals surface area contributed by atoms with Gasteiger partial charge >= 0.3 is 5.97 Å². The summed E-state index contributed by atoms with van der Waals surface area (Å²) < 4.78 is 2.24. The predicted octanol–water partition coefficient (Wildman–Crippen LogP) is 7.67. The van der Waals surface area contributed by atoms with Crippen LogP contribution in [0.2, 0.25) is 5.02 Å². The van der Waals surface area contributed by atoms with E-state index < -0.39 is 5.97 Å². The van der Waals surface area contributed by atoms with Crippen LogP contribution in [0.5, 0.6) is 0 Å². The van der Waals surface area contributed by atoms with Gasteiger partial charge < -0.3 is 9.67 Å². The van der Waals surface area contributed by atoms with Crippen molar-refractivity contribution in [2.45, 2.75) is 53.4 Å². The van der Waals surface area contributed by atoms with Gasteiger partial charge in [-0.1, -0.05) is 76.0 Å². The largest absolute Gasteiger partial charge is 0.478 e. The molecule has 0 fully saturated rings. The summed E-state index contributed by atoms with van der Waals surface area (Å²) in [7, 11) is 0. The number of nitrogens with zero attached hydrogens (tertiary/aromatic N) is 1. The number of carbonyl (C=O) groups is 1. The fourth-order valence-corrected chi connectivity index (χ4v) is 4.71. The van der Waals surface area contributed by atoms with Gasteiger partial charge in [0.25, 0.3) is 0 Å². The van der Waals surface area contributed by atoms with Crippen LogP contribution in [0.25, 0.3) is 16.9 Å². The maximum absolute atomic E-state index is 11.6. The number of hydrogen-bond donors (Lipinski definition) is 1. The Morgan fingerprint density at radius 1 is 1.16 bits per heavy atom. The van der Waals surface area contributed by atoms with Crippen LogP contribution in [0.4, 0.5) is 0 Å². The van der Waals surface area contributed by atoms with Crippen molar-refractivity contribution < 1.29 is 9.90 Å². The van der Waals surface area contributed by atoms with Crippen molar-refractivity contribution in [3.05, 3.63) is 76.4 Å². The summed E-state index contributed by atoms with van der Waals surface area (Å²) in [6.07, 6.45) is 4.45. The molecule has 2 aromatic carbocycles. The van der Waals surface area contributed by atoms with E-state index in [2.05, 4.69) is 36.6 Å². The van der Waals surface area contributed by atoms with Gasteiger partial charge in [-0.25, -0.2) is 4.79 Å². The van der Waals surface area contributed by atoms with Gasteiger partial charge in [-0.3, -0.25) is 0 Å². The van der Waals surface area contributed by atoms with Gasteiger partial charge in [0.05, 0.1) is 16.3 Å². The van der Waals surface area contributed by atoms with Crippen molar-refractivity contribution in [3.63, 3.8) is 0 Å². The summed E-state index contributed by atoms with van der Waals surface area (Å²) >= 11 is 6.13. The van der Waals surface area contributed by atoms with Gasteiger partial charge in [0.2, 0.25) is 0 Å². The molecular formula is C27H32ClNO2. The highest BCUT2D eigenvalue weighted by molar-refractivity contribution is 6.33. The Morgan fingerprint density at radius 2 is 1.87 bits per heavy atom. The molecule has 3 nitrogen and oxygen atoms in total. The van der Waals surface area contributed by atoms with Gasteiger partial charge in [-0.15, -0.1) is 0 Å². The third-order valence-electron chi connectivity index (χ3n) is 6.38. The summed E-state index contributed by atoms with van der Waals surface area (Å²) in [5.74, 6) is 0.406. The van der Waals surface area contributed by atoms with Crippen molar-refractivity contribution in [2.75, 3.05) is 0 Å². The van der Waals surface area contributed by atoms with Crippen LogP contribution in [0.15, 0.2) is 54.6 Å². The molecule has 0 aliphatic heterocycles. The summed E-state index contributed by atoms with van der Waals surface area (Å²) in [5.41, 5.74) is 5.91. The molecule has 4 heteroatoms. The molecule has 4 rings (SSSR count). The van der Waals surface area contributed by atoms with Crippen LogP contribution in [-0.4, -0.2) is 15.6 Å². The Hall–Kier alpha value is -2.52. The second-order valence-electron chi connectivity index (χ2n) is 8.06. The maximum atomic E-state index is 11.6. The van der Waals surface area contributed by atoms with Crippen molar-refractivity contribution in [1.82, 2.24) is 4.57 Å². The molecule has 3 aromatic rings. The van der Waals surface area contributed by atoms with Gasteiger partial charge in [-0.05, 0) is 66.5 Å². The number of carboxylic acid groups (broad SMARTS) is 1. The first-order valence-electron chi connectivity index (χ1n) is 11.3. The van der Waals surface area contributed by atoms with Crippen molar-refractivity contribution in [3.8, 4) is 16.9 Å². The molecule has 1 aliphatic rings. The van der Waals surface area contributed by atoms with Crippen LogP contribution in [0.1, 0.15) is 62.2 Å². The van der Waals surface area contributed by atoms with Crippen molar-refractivity contribution >= 4 is 17.6 Å². The molecule has 0 radical (unpaired) electrons. The molecule has 31 heavy (non-hydrogen) atoms. The standard InChI is InChI=1S/C25H26ClNO2.C2H6/c1-3-16(2)18-9-12-23-19(13-18)14-24(17-7-5-4-6-8-17)27(23)20-10-11-22(26)21(15-20)25(28)29;1-2/h4-8,10-11,14-16,18H,3,9,12-13H2,1-2H3,(H,28,29);1-2H3. The lowest BCUT2D eigenvalue weighted by Gasteiger charge is -2.28. The molecule has 0 bridgehead atoms. The van der Waals surface area contributed by atoms with Crippen LogP contribution >= 0.6 is 11.6 Å². The highest BCUT2D eigenvalue weighted by atomic mass is 35.5. The molecule has 1 aromatic heterocycles. The molecule has 164 valence electrons. The number of benzene rings is 2. The highest BCUT2D eigenvalue weighted by Crippen LogP contribution is 2.38. The average Bonchev–Trinajstić information content (AvgIpc) is 3.19. The first kappa shape index (κ1) is 23.1. The third-order valence-corrected chi connectivity index (χ3v) is 6.71. The minimum Gasteiger partial charge on any atom is -0.478 e. The number of halogens is 1. The number of rotatable bonds is 5. The molecule has 0 saturated carbocycles. The second kappa shape index (κ2) is 10.2. The minimum atomic E-state index is -1.00. The minimum absolute atomic E-state index is 0.138. The van der Waals surface area contributed by atoms with E-state index in [9.17, 15) is 9.90 Å². The maximum Gasteiger partial charge on any atom is 0.337 e. The number of carboxylic acids is 1. The highest BCUT2D eigenvalue weighted by Gasteiger charge is 2.28. The van der Waals surface area contributed by atoms with Crippen molar-refractivity contribution in [2.24, 2.45) is 11.8 Å². The molecule has 1 aliphatic carbocycles. The monoisotopic (exact) mass is 437 g/mol. The third kappa shape index (κ3) is 4.72. The van der Waals surface area contributed by atoms with E-state index in [0.29, 0.717) is 11.8 Å². The number of hydrogen-bond acceptors (Lipinski definition) is 1. The molecule has 1 N–H and O–H groups in total. The van der Waals surface area contributed by atoms with E-state index in [-0.39, 0.29) is 10.6 Å². The molecule has 1 heterocycles. The number of aromatic carboxylic acids is 1. The SMILES string of the molecule is CC.CCC(C)C1CCc2c(cc(-c3ccccc3)n2-c2ccc(Cl)c(C(=O)O)c2)C1. The molecule has 2 unspecified atom stereocenters. The summed E-state index contributed by atoms with van der Waals surface area (Å²) in [5, 5.41) is 9.81. The second-order valence-corrected chi connectivity index (χ2v) is 8.47. The first-order chi connectivity index (χ1) is 15.0. The van der Waals surface area contributed by atoms with E-state index in [4.69, 9.17) is 11.6 Å². The van der Waals surface area contributed by atoms with E-state index in [1.165, 1.54) is 24.1 Å². The average molecular weight is 438 g/mol. The smallest absolute Gasteiger partial charge is 0.337 e. The van der Waals surface area contributed by atoms with E-state index in [1.54, 1.807) is 12.1 Å². The molecule has 2 atom stereocenters. The van der Waals surface area contributed by atoms with Crippen LogP contribution in [0, 0.1) is 11.8 Å². The lowest BCUT2D eigenvalue weighted by Crippen LogP contribution is -2.21. The Bertz CT molecular complexity index is 1040. The molecule has 0 saturated heterocycles. The zero-order valence-corrected chi connectivity index (χ0v) is 19.6. The van der Waals surface area contributed by atoms with Crippen LogP contribution in [0.3, 0.4) is 0 Å². The molecular weight excluding hydrogens is 406 g/mol. The van der Waals surface area contributed by atoms with Gasteiger partial charge in [0.1, 0.15) is 0 Å². The fraction of sp³-hybridized carbons (Fsp3) is 0.370. The summed E-state index contributed by atoms with van der Waals surface area (Å²) in [6, 6.07) is 17.9. The zero-order valence-electron chi connectivity index (χ0n) is 18.9. The van der Waals surface area contributed by atoms with E-state index in [0.717, 1.165) is 29.8 Å². The summed E-state index contributed by atoms with van der Waals surface area (Å²) in [4.78, 5) is 11.6. The van der Waals surface area contributed by atoms with Crippen molar-refractivity contribution in [1.29, 1.82) is 0 Å². The molecule has 0 amide bonds. The van der Waals surface area contributed by atoms with Gasteiger partial charge in [0, 0.05) is 11.4 Å². The molecule has 0 spiro atoms. The predicted molar refractivity (Wildman–Crippen MR) is 129 cm³/mol. The topological polar surface area (TPSA) is 42.2 Å². The van der Waals surface area contributed by atoms with Crippen LogP contribution in [-0.2, 0) is 12.8 Å². The Morgan fingerprint density at radius 3 is 2.52 bits per heavy atom. The van der Waals surface area contributed by atoms with E-state index in [1.807, 2.05) is 38.1 Å². The summed E-state index contributed by atoms with van der Waals surface area (Å²) in [6.45, 7) is 8.62. The van der Waals surface area contributed by atoms with Gasteiger partial charge in [0.15, 0.2) is 0 Å².